The highest BCUT2D eigenvalue weighted by molar-refractivity contribution is 5.82. The Bertz CT molecular complexity index is 417. The van der Waals surface area contributed by atoms with Crippen LogP contribution in [0, 0.1) is 0 Å². The number of likely N-dealkylation sites (tertiary alicyclic amines) is 1. The minimum Gasteiger partial charge on any atom is -0.302 e. The average Bonchev–Trinajstić information content (AvgIpc) is 2.99. The third kappa shape index (κ3) is 3.79. The number of hydrazine groups is 1. The first-order valence-electron chi connectivity index (χ1n) is 7.20. The monoisotopic (exact) mass is 276 g/mol. The third-order valence-corrected chi connectivity index (χ3v) is 3.91. The van der Waals surface area contributed by atoms with Crippen molar-refractivity contribution < 1.29 is 4.79 Å². The zero-order valence-electron chi connectivity index (χ0n) is 12.1. The molecule has 1 saturated heterocycles. The topological polar surface area (TPSA) is 61.6 Å². The molecule has 0 aromatic heterocycles. The van der Waals surface area contributed by atoms with Gasteiger partial charge >= 0.3 is 0 Å². The number of hydrogen-bond acceptors (Lipinski definition) is 4. The van der Waals surface area contributed by atoms with E-state index in [1.54, 1.807) is 0 Å². The number of nitrogens with zero attached hydrogens (tertiary/aromatic N) is 2. The number of amides is 1. The Morgan fingerprint density at radius 1 is 1.35 bits per heavy atom. The molecule has 20 heavy (non-hydrogen) atoms. The van der Waals surface area contributed by atoms with Gasteiger partial charge in [-0.1, -0.05) is 30.3 Å². The van der Waals surface area contributed by atoms with Crippen LogP contribution in [0.4, 0.5) is 0 Å². The predicted octanol–water partition coefficient (Wildman–Crippen LogP) is 0.745. The van der Waals surface area contributed by atoms with Crippen molar-refractivity contribution in [1.29, 1.82) is 0 Å². The van der Waals surface area contributed by atoms with Crippen LogP contribution in [0.3, 0.4) is 0 Å². The molecule has 3 N–H and O–H groups in total. The zero-order valence-corrected chi connectivity index (χ0v) is 12.1. The Balaban J connectivity index is 2.00. The normalized spacial score (nSPS) is 17.4. The minimum absolute atomic E-state index is 0.167. The molecule has 1 aromatic rings. The summed E-state index contributed by atoms with van der Waals surface area (Å²) in [5, 5.41) is 0. The van der Waals surface area contributed by atoms with Crippen molar-refractivity contribution in [3.05, 3.63) is 35.9 Å². The quantitative estimate of drug-likeness (QED) is 0.457. The number of nitrogens with two attached hydrogens (primary N) is 1. The van der Waals surface area contributed by atoms with Gasteiger partial charge in [-0.15, -0.1) is 0 Å². The Morgan fingerprint density at radius 2 is 2.00 bits per heavy atom. The van der Waals surface area contributed by atoms with E-state index in [9.17, 15) is 4.79 Å². The van der Waals surface area contributed by atoms with Gasteiger partial charge in [-0.3, -0.25) is 15.1 Å². The molecule has 0 radical (unpaired) electrons. The van der Waals surface area contributed by atoms with E-state index in [1.165, 1.54) is 25.9 Å². The smallest absolute Gasteiger partial charge is 0.255 e. The van der Waals surface area contributed by atoms with Crippen LogP contribution in [0.15, 0.2) is 30.3 Å². The molecule has 1 aliphatic rings. The van der Waals surface area contributed by atoms with E-state index >= 15 is 0 Å². The molecule has 1 aliphatic heterocycles. The van der Waals surface area contributed by atoms with Gasteiger partial charge in [0.15, 0.2) is 0 Å². The fraction of sp³-hybridized carbons (Fsp3) is 0.533. The van der Waals surface area contributed by atoms with Crippen molar-refractivity contribution in [3.63, 3.8) is 0 Å². The summed E-state index contributed by atoms with van der Waals surface area (Å²) in [6, 6.07) is 9.44. The molecule has 5 nitrogen and oxygen atoms in total. The highest BCUT2D eigenvalue weighted by Gasteiger charge is 2.24. The van der Waals surface area contributed by atoms with Crippen molar-refractivity contribution in [2.24, 2.45) is 5.84 Å². The van der Waals surface area contributed by atoms with Gasteiger partial charge in [0.2, 0.25) is 0 Å². The Labute approximate surface area is 120 Å². The molecule has 1 aromatic carbocycles. The minimum atomic E-state index is -0.330. The first-order chi connectivity index (χ1) is 9.72. The molecular weight excluding hydrogens is 252 g/mol. The summed E-state index contributed by atoms with van der Waals surface area (Å²) >= 11 is 0. The lowest BCUT2D eigenvalue weighted by Crippen LogP contribution is -2.43. The van der Waals surface area contributed by atoms with Crippen molar-refractivity contribution in [2.75, 3.05) is 33.2 Å². The van der Waals surface area contributed by atoms with Crippen LogP contribution in [0.2, 0.25) is 0 Å². The number of carbonyl (C=O) groups is 1. The highest BCUT2D eigenvalue weighted by Crippen LogP contribution is 2.19. The SMILES string of the molecule is CN(CCN1CCCC1)C(C(=O)NN)c1ccccc1. The highest BCUT2D eigenvalue weighted by atomic mass is 16.2. The maximum absolute atomic E-state index is 12.1. The summed E-state index contributed by atoms with van der Waals surface area (Å²) in [6.45, 7) is 4.20. The molecule has 1 unspecified atom stereocenters. The predicted molar refractivity (Wildman–Crippen MR) is 79.8 cm³/mol. The average molecular weight is 276 g/mol. The summed E-state index contributed by atoms with van der Waals surface area (Å²) in [5.74, 6) is 5.16. The lowest BCUT2D eigenvalue weighted by Gasteiger charge is -2.28. The number of hydrogen-bond donors (Lipinski definition) is 2. The van der Waals surface area contributed by atoms with Gasteiger partial charge in [0.25, 0.3) is 5.91 Å². The molecule has 0 bridgehead atoms. The lowest BCUT2D eigenvalue weighted by molar-refractivity contribution is -0.126. The van der Waals surface area contributed by atoms with Crippen LogP contribution in [-0.2, 0) is 4.79 Å². The van der Waals surface area contributed by atoms with Gasteiger partial charge in [0.1, 0.15) is 6.04 Å². The zero-order chi connectivity index (χ0) is 14.4. The van der Waals surface area contributed by atoms with Crippen LogP contribution in [0.25, 0.3) is 0 Å². The molecular formula is C15H24N4O. The second kappa shape index (κ2) is 7.38. The van der Waals surface area contributed by atoms with Crippen LogP contribution < -0.4 is 11.3 Å². The fourth-order valence-electron chi connectivity index (χ4n) is 2.75. The molecule has 2 rings (SSSR count). The van der Waals surface area contributed by atoms with Crippen molar-refractivity contribution in [2.45, 2.75) is 18.9 Å². The van der Waals surface area contributed by atoms with E-state index in [0.717, 1.165) is 18.7 Å². The van der Waals surface area contributed by atoms with Crippen molar-refractivity contribution >= 4 is 5.91 Å². The van der Waals surface area contributed by atoms with Gasteiger partial charge in [0, 0.05) is 13.1 Å². The largest absolute Gasteiger partial charge is 0.302 e. The van der Waals surface area contributed by atoms with E-state index in [1.807, 2.05) is 37.4 Å². The van der Waals surface area contributed by atoms with Crippen LogP contribution in [0.1, 0.15) is 24.4 Å². The first-order valence-corrected chi connectivity index (χ1v) is 7.20. The Hall–Kier alpha value is -1.43. The summed E-state index contributed by atoms with van der Waals surface area (Å²) in [6.07, 6.45) is 2.57. The Morgan fingerprint density at radius 3 is 2.60 bits per heavy atom. The number of nitrogens with one attached hydrogen (secondary N) is 1. The molecule has 1 fully saturated rings. The Kier molecular flexibility index (Phi) is 5.52. The molecule has 1 amide bonds. The summed E-state index contributed by atoms with van der Waals surface area (Å²) in [4.78, 5) is 16.6. The fourth-order valence-corrected chi connectivity index (χ4v) is 2.75. The number of benzene rings is 1. The molecule has 0 spiro atoms. The summed E-state index contributed by atoms with van der Waals surface area (Å²) < 4.78 is 0. The molecule has 0 saturated carbocycles. The molecule has 110 valence electrons. The number of carbonyl (C=O) groups excluding carboxylic acids is 1. The van der Waals surface area contributed by atoms with E-state index in [-0.39, 0.29) is 11.9 Å². The van der Waals surface area contributed by atoms with Gasteiger partial charge in [-0.2, -0.15) is 0 Å². The lowest BCUT2D eigenvalue weighted by atomic mass is 10.1. The first kappa shape index (κ1) is 15.0. The molecule has 1 atom stereocenters. The van der Waals surface area contributed by atoms with Crippen LogP contribution in [-0.4, -0.2) is 48.9 Å². The second-order valence-electron chi connectivity index (χ2n) is 5.35. The maximum atomic E-state index is 12.1. The molecule has 1 heterocycles. The van der Waals surface area contributed by atoms with E-state index in [4.69, 9.17) is 5.84 Å². The van der Waals surface area contributed by atoms with Gasteiger partial charge < -0.3 is 4.90 Å². The molecule has 0 aliphatic carbocycles. The van der Waals surface area contributed by atoms with E-state index in [2.05, 4.69) is 15.2 Å². The second-order valence-corrected chi connectivity index (χ2v) is 5.35. The number of rotatable bonds is 6. The van der Waals surface area contributed by atoms with Crippen molar-refractivity contribution in [3.8, 4) is 0 Å². The third-order valence-electron chi connectivity index (χ3n) is 3.91. The van der Waals surface area contributed by atoms with E-state index < -0.39 is 0 Å². The molecule has 5 heteroatoms. The van der Waals surface area contributed by atoms with Crippen molar-refractivity contribution in [1.82, 2.24) is 15.2 Å². The van der Waals surface area contributed by atoms with Gasteiger partial charge in [0.05, 0.1) is 0 Å². The van der Waals surface area contributed by atoms with Gasteiger partial charge in [-0.25, -0.2) is 5.84 Å². The standard InChI is InChI=1S/C15H24N4O/c1-18(11-12-19-9-5-6-10-19)14(15(20)17-16)13-7-3-2-4-8-13/h2-4,7-8,14H,5-6,9-12,16H2,1H3,(H,17,20). The number of likely N-dealkylation sites (N-methyl/N-ethyl adjacent to an activating group) is 1. The van der Waals surface area contributed by atoms with Gasteiger partial charge in [-0.05, 0) is 38.5 Å². The summed E-state index contributed by atoms with van der Waals surface area (Å²) in [7, 11) is 1.98. The summed E-state index contributed by atoms with van der Waals surface area (Å²) in [5.41, 5.74) is 3.25. The maximum Gasteiger partial charge on any atom is 0.255 e. The van der Waals surface area contributed by atoms with Crippen LogP contribution >= 0.6 is 0 Å². The van der Waals surface area contributed by atoms with E-state index in [0.29, 0.717) is 0 Å². The van der Waals surface area contributed by atoms with Crippen LogP contribution in [0.5, 0.6) is 0 Å².